The van der Waals surface area contributed by atoms with Crippen molar-refractivity contribution in [2.75, 3.05) is 18.4 Å². The van der Waals surface area contributed by atoms with Gasteiger partial charge in [0.15, 0.2) is 0 Å². The molecule has 3 N–H and O–H groups in total. The quantitative estimate of drug-likeness (QED) is 0.624. The molecule has 0 aliphatic heterocycles. The number of nitrogens with zero attached hydrogens (tertiary/aromatic N) is 1. The molecule has 0 radical (unpaired) electrons. The van der Waals surface area contributed by atoms with Crippen molar-refractivity contribution in [1.82, 2.24) is 0 Å². The lowest BCUT2D eigenvalue weighted by Crippen LogP contribution is -2.27. The van der Waals surface area contributed by atoms with Crippen LogP contribution in [0.5, 0.6) is 0 Å². The molecule has 0 aromatic heterocycles. The lowest BCUT2D eigenvalue weighted by Gasteiger charge is -2.19. The molecule has 1 unspecified atom stereocenters. The third kappa shape index (κ3) is 3.96. The summed E-state index contributed by atoms with van der Waals surface area (Å²) < 4.78 is 0.478. The Labute approximate surface area is 115 Å². The maximum atomic E-state index is 10.7. The first-order valence-electron chi connectivity index (χ1n) is 5.83. The number of nitro benzene ring substituents is 1. The maximum absolute atomic E-state index is 10.7. The van der Waals surface area contributed by atoms with E-state index in [2.05, 4.69) is 35.1 Å². The maximum Gasteiger partial charge on any atom is 0.283 e. The zero-order valence-corrected chi connectivity index (χ0v) is 12.1. The Bertz CT molecular complexity index is 424. The molecule has 0 spiro atoms. The largest absolute Gasteiger partial charge is 0.385 e. The summed E-state index contributed by atoms with van der Waals surface area (Å²) in [7, 11) is 0. The zero-order chi connectivity index (χ0) is 13.7. The molecule has 6 heteroatoms. The summed E-state index contributed by atoms with van der Waals surface area (Å²) >= 11 is 3.19. The molecule has 0 saturated heterocycles. The van der Waals surface area contributed by atoms with E-state index in [4.69, 9.17) is 5.73 Å². The van der Waals surface area contributed by atoms with Gasteiger partial charge in [-0.05, 0) is 46.4 Å². The van der Waals surface area contributed by atoms with Crippen LogP contribution in [0.1, 0.15) is 13.8 Å². The normalized spacial score (nSPS) is 12.5. The highest BCUT2D eigenvalue weighted by Crippen LogP contribution is 2.27. The SMILES string of the molecule is CC(C)C(CN)CNc1ccc([N+](=O)[O-])c(Br)c1. The van der Waals surface area contributed by atoms with Crippen molar-refractivity contribution < 1.29 is 4.92 Å². The molecule has 5 nitrogen and oxygen atoms in total. The summed E-state index contributed by atoms with van der Waals surface area (Å²) in [5.74, 6) is 0.892. The van der Waals surface area contributed by atoms with E-state index in [-0.39, 0.29) is 5.69 Å². The average Bonchev–Trinajstić information content (AvgIpc) is 2.28. The van der Waals surface area contributed by atoms with Crippen LogP contribution in [0.3, 0.4) is 0 Å². The Morgan fingerprint density at radius 1 is 1.50 bits per heavy atom. The lowest BCUT2D eigenvalue weighted by atomic mass is 9.96. The van der Waals surface area contributed by atoms with Gasteiger partial charge >= 0.3 is 0 Å². The van der Waals surface area contributed by atoms with Crippen LogP contribution in [-0.2, 0) is 0 Å². The average molecular weight is 316 g/mol. The van der Waals surface area contributed by atoms with Gasteiger partial charge in [-0.3, -0.25) is 10.1 Å². The molecule has 0 aliphatic rings. The summed E-state index contributed by atoms with van der Waals surface area (Å²) in [6.45, 7) is 5.65. The topological polar surface area (TPSA) is 81.2 Å². The lowest BCUT2D eigenvalue weighted by molar-refractivity contribution is -0.385. The van der Waals surface area contributed by atoms with Gasteiger partial charge < -0.3 is 11.1 Å². The van der Waals surface area contributed by atoms with Gasteiger partial charge in [0.05, 0.1) is 9.40 Å². The second kappa shape index (κ2) is 6.70. The van der Waals surface area contributed by atoms with E-state index in [1.54, 1.807) is 12.1 Å². The van der Waals surface area contributed by atoms with E-state index < -0.39 is 4.92 Å². The van der Waals surface area contributed by atoms with E-state index in [1.165, 1.54) is 6.07 Å². The monoisotopic (exact) mass is 315 g/mol. The number of nitro groups is 1. The Hall–Kier alpha value is -1.14. The van der Waals surface area contributed by atoms with Crippen molar-refractivity contribution in [3.8, 4) is 0 Å². The highest BCUT2D eigenvalue weighted by molar-refractivity contribution is 9.10. The molecule has 1 rings (SSSR count). The first kappa shape index (κ1) is 14.9. The molecule has 0 heterocycles. The molecular formula is C12H18BrN3O2. The highest BCUT2D eigenvalue weighted by Gasteiger charge is 2.13. The van der Waals surface area contributed by atoms with E-state index >= 15 is 0 Å². The van der Waals surface area contributed by atoms with Gasteiger partial charge in [0.25, 0.3) is 5.69 Å². The number of nitrogens with two attached hydrogens (primary N) is 1. The number of nitrogens with one attached hydrogen (secondary N) is 1. The summed E-state index contributed by atoms with van der Waals surface area (Å²) in [6.07, 6.45) is 0. The first-order valence-corrected chi connectivity index (χ1v) is 6.63. The van der Waals surface area contributed by atoms with Crippen LogP contribution in [0.4, 0.5) is 11.4 Å². The van der Waals surface area contributed by atoms with Gasteiger partial charge in [0.1, 0.15) is 0 Å². The van der Waals surface area contributed by atoms with Crippen LogP contribution in [0.25, 0.3) is 0 Å². The third-order valence-corrected chi connectivity index (χ3v) is 3.59. The number of halogens is 1. The Morgan fingerprint density at radius 2 is 2.17 bits per heavy atom. The van der Waals surface area contributed by atoms with Crippen LogP contribution < -0.4 is 11.1 Å². The Kier molecular flexibility index (Phi) is 5.55. The molecule has 0 fully saturated rings. The fraction of sp³-hybridized carbons (Fsp3) is 0.500. The molecule has 100 valence electrons. The minimum Gasteiger partial charge on any atom is -0.385 e. The third-order valence-electron chi connectivity index (χ3n) is 2.96. The number of benzene rings is 1. The molecule has 1 atom stereocenters. The van der Waals surface area contributed by atoms with Gasteiger partial charge in [-0.25, -0.2) is 0 Å². The van der Waals surface area contributed by atoms with E-state index in [1.807, 2.05) is 0 Å². The zero-order valence-electron chi connectivity index (χ0n) is 10.5. The predicted molar refractivity (Wildman–Crippen MR) is 76.7 cm³/mol. The van der Waals surface area contributed by atoms with Crippen LogP contribution in [-0.4, -0.2) is 18.0 Å². The van der Waals surface area contributed by atoms with Gasteiger partial charge in [-0.2, -0.15) is 0 Å². The van der Waals surface area contributed by atoms with E-state index in [0.717, 1.165) is 12.2 Å². The fourth-order valence-corrected chi connectivity index (χ4v) is 2.13. The minimum absolute atomic E-state index is 0.0692. The van der Waals surface area contributed by atoms with Crippen molar-refractivity contribution in [3.05, 3.63) is 32.8 Å². The van der Waals surface area contributed by atoms with Crippen LogP contribution in [0.2, 0.25) is 0 Å². The van der Waals surface area contributed by atoms with Crippen LogP contribution >= 0.6 is 15.9 Å². The molecule has 0 amide bonds. The molecule has 0 bridgehead atoms. The van der Waals surface area contributed by atoms with Crippen LogP contribution in [0, 0.1) is 22.0 Å². The van der Waals surface area contributed by atoms with Gasteiger partial charge in [-0.15, -0.1) is 0 Å². The van der Waals surface area contributed by atoms with Gasteiger partial charge in [0.2, 0.25) is 0 Å². The molecule has 0 aliphatic carbocycles. The van der Waals surface area contributed by atoms with Crippen molar-refractivity contribution in [3.63, 3.8) is 0 Å². The van der Waals surface area contributed by atoms with Gasteiger partial charge in [-0.1, -0.05) is 13.8 Å². The number of hydrogen-bond donors (Lipinski definition) is 2. The second-order valence-corrected chi connectivity index (χ2v) is 5.40. The number of rotatable bonds is 6. The predicted octanol–water partition coefficient (Wildman–Crippen LogP) is 3.00. The second-order valence-electron chi connectivity index (χ2n) is 4.54. The Balaban J connectivity index is 2.69. The fourth-order valence-electron chi connectivity index (χ4n) is 1.61. The minimum atomic E-state index is -0.412. The molecular weight excluding hydrogens is 298 g/mol. The molecule has 0 saturated carbocycles. The van der Waals surface area contributed by atoms with Crippen molar-refractivity contribution >= 4 is 27.3 Å². The summed E-state index contributed by atoms with van der Waals surface area (Å²) in [4.78, 5) is 10.3. The Morgan fingerprint density at radius 3 is 2.61 bits per heavy atom. The van der Waals surface area contributed by atoms with E-state index in [0.29, 0.717) is 22.9 Å². The van der Waals surface area contributed by atoms with Gasteiger partial charge in [0, 0.05) is 18.3 Å². The summed E-state index contributed by atoms with van der Waals surface area (Å²) in [6, 6.07) is 4.90. The standard InChI is InChI=1S/C12H18BrN3O2/c1-8(2)9(6-14)7-15-10-3-4-12(16(17)18)11(13)5-10/h3-5,8-9,15H,6-7,14H2,1-2H3. The summed E-state index contributed by atoms with van der Waals surface area (Å²) in [5.41, 5.74) is 6.62. The van der Waals surface area contributed by atoms with Crippen LogP contribution in [0.15, 0.2) is 22.7 Å². The van der Waals surface area contributed by atoms with Crippen molar-refractivity contribution in [1.29, 1.82) is 0 Å². The molecule has 1 aromatic carbocycles. The van der Waals surface area contributed by atoms with Crippen molar-refractivity contribution in [2.45, 2.75) is 13.8 Å². The molecule has 1 aromatic rings. The summed E-state index contributed by atoms with van der Waals surface area (Å²) in [5, 5.41) is 13.9. The van der Waals surface area contributed by atoms with E-state index in [9.17, 15) is 10.1 Å². The first-order chi connectivity index (χ1) is 8.45. The smallest absolute Gasteiger partial charge is 0.283 e. The number of anilines is 1. The van der Waals surface area contributed by atoms with Crippen molar-refractivity contribution in [2.24, 2.45) is 17.6 Å². The highest BCUT2D eigenvalue weighted by atomic mass is 79.9. The molecule has 18 heavy (non-hydrogen) atoms. The number of hydrogen-bond acceptors (Lipinski definition) is 4.